The van der Waals surface area contributed by atoms with Crippen LogP contribution in [0, 0.1) is 6.42 Å². The van der Waals surface area contributed by atoms with Gasteiger partial charge in [0, 0.05) is 12.8 Å². The van der Waals surface area contributed by atoms with Gasteiger partial charge in [0.1, 0.15) is 0 Å². The van der Waals surface area contributed by atoms with Gasteiger partial charge in [-0.1, -0.05) is 0 Å². The minimum absolute atomic E-state index is 0.215. The van der Waals surface area contributed by atoms with E-state index in [1.165, 1.54) is 0 Å². The van der Waals surface area contributed by atoms with Crippen LogP contribution in [-0.2, 0) is 0 Å². The Hall–Kier alpha value is -0.110. The van der Waals surface area contributed by atoms with E-state index in [0.29, 0.717) is 6.42 Å². The van der Waals surface area contributed by atoms with Crippen molar-refractivity contribution in [2.24, 2.45) is 0 Å². The fourth-order valence-corrected chi connectivity index (χ4v) is 0.943. The Morgan fingerprint density at radius 3 is 2.62 bits per heavy atom. The Labute approximate surface area is 48.5 Å². The topological polar surface area (TPSA) is 20.2 Å². The van der Waals surface area contributed by atoms with E-state index in [1.807, 2.05) is 0 Å². The zero-order valence-electron chi connectivity index (χ0n) is 4.73. The van der Waals surface area contributed by atoms with Crippen molar-refractivity contribution in [3.8, 4) is 0 Å². The quantitative estimate of drug-likeness (QED) is 0.508. The van der Waals surface area contributed by atoms with E-state index < -0.39 is 5.85 Å². The van der Waals surface area contributed by atoms with Gasteiger partial charge < -0.3 is 5.11 Å². The third kappa shape index (κ3) is 1.44. The van der Waals surface area contributed by atoms with Gasteiger partial charge in [-0.2, -0.15) is 0 Å². The van der Waals surface area contributed by atoms with Crippen molar-refractivity contribution in [2.75, 3.05) is 0 Å². The van der Waals surface area contributed by atoms with Gasteiger partial charge in [0.2, 0.25) is 5.85 Å². The van der Waals surface area contributed by atoms with Crippen molar-refractivity contribution in [3.63, 3.8) is 0 Å². The summed E-state index contributed by atoms with van der Waals surface area (Å²) in [5, 5.41) is 8.68. The summed E-state index contributed by atoms with van der Waals surface area (Å²) in [6, 6.07) is 0. The van der Waals surface area contributed by atoms with Crippen LogP contribution in [-0.4, -0.2) is 11.0 Å². The molecule has 47 valence electrons. The van der Waals surface area contributed by atoms with Crippen molar-refractivity contribution in [2.45, 2.75) is 31.5 Å². The highest BCUT2D eigenvalue weighted by molar-refractivity contribution is 4.81. The summed E-state index contributed by atoms with van der Waals surface area (Å²) in [6.45, 7) is 0. The first-order chi connectivity index (χ1) is 3.71. The molecule has 0 amide bonds. The molecule has 1 aliphatic carbocycles. The first-order valence-corrected chi connectivity index (χ1v) is 2.94. The lowest BCUT2D eigenvalue weighted by Gasteiger charge is -2.22. The summed E-state index contributed by atoms with van der Waals surface area (Å²) in [4.78, 5) is 0. The van der Waals surface area contributed by atoms with Crippen LogP contribution < -0.4 is 0 Å². The molecule has 0 saturated heterocycles. The van der Waals surface area contributed by atoms with E-state index in [9.17, 15) is 4.39 Å². The standard InChI is InChI=1S/C6H10FO/c7-6(8)4-2-1-3-5-6/h2,8H,1,3-5H2. The Balaban J connectivity index is 2.33. The van der Waals surface area contributed by atoms with Crippen LogP contribution in [0.5, 0.6) is 0 Å². The van der Waals surface area contributed by atoms with Gasteiger partial charge >= 0.3 is 0 Å². The molecule has 1 aliphatic rings. The second-order valence-corrected chi connectivity index (χ2v) is 2.30. The number of alkyl halides is 1. The summed E-state index contributed by atoms with van der Waals surface area (Å²) in [6.07, 6.45) is 4.05. The normalized spacial score (nSPS) is 27.8. The summed E-state index contributed by atoms with van der Waals surface area (Å²) >= 11 is 0. The second kappa shape index (κ2) is 2.02. The predicted octanol–water partition coefficient (Wildman–Crippen LogP) is 1.42. The second-order valence-electron chi connectivity index (χ2n) is 2.30. The number of hydrogen-bond acceptors (Lipinski definition) is 1. The molecule has 2 heteroatoms. The van der Waals surface area contributed by atoms with Gasteiger partial charge in [-0.05, 0) is 19.3 Å². The van der Waals surface area contributed by atoms with Crippen LogP contribution >= 0.6 is 0 Å². The smallest absolute Gasteiger partial charge is 0.207 e. The van der Waals surface area contributed by atoms with Crippen molar-refractivity contribution < 1.29 is 9.50 Å². The monoisotopic (exact) mass is 117 g/mol. The van der Waals surface area contributed by atoms with Crippen LogP contribution in [0.2, 0.25) is 0 Å². The fraction of sp³-hybridized carbons (Fsp3) is 0.833. The fourth-order valence-electron chi connectivity index (χ4n) is 0.943. The largest absolute Gasteiger partial charge is 0.362 e. The third-order valence-electron chi connectivity index (χ3n) is 1.43. The lowest BCUT2D eigenvalue weighted by Crippen LogP contribution is -2.24. The minimum Gasteiger partial charge on any atom is -0.362 e. The molecule has 1 rings (SSSR count). The zero-order chi connectivity index (χ0) is 6.04. The van der Waals surface area contributed by atoms with E-state index in [4.69, 9.17) is 5.11 Å². The van der Waals surface area contributed by atoms with Crippen LogP contribution in [0.4, 0.5) is 4.39 Å². The summed E-state index contributed by atoms with van der Waals surface area (Å²) in [5.74, 6) is -1.88. The molecule has 0 aromatic rings. The Morgan fingerprint density at radius 1 is 1.62 bits per heavy atom. The van der Waals surface area contributed by atoms with Gasteiger partial charge in [-0.3, -0.25) is 0 Å². The molecule has 0 bridgehead atoms. The molecule has 0 aromatic carbocycles. The molecule has 1 atom stereocenters. The molecule has 0 aromatic heterocycles. The van der Waals surface area contributed by atoms with Gasteiger partial charge in [-0.25, -0.2) is 4.39 Å². The van der Waals surface area contributed by atoms with E-state index in [1.54, 1.807) is 6.42 Å². The molecule has 1 radical (unpaired) electrons. The zero-order valence-corrected chi connectivity index (χ0v) is 4.73. The van der Waals surface area contributed by atoms with Crippen molar-refractivity contribution in [3.05, 3.63) is 6.42 Å². The maximum Gasteiger partial charge on any atom is 0.207 e. The van der Waals surface area contributed by atoms with Crippen molar-refractivity contribution in [1.82, 2.24) is 0 Å². The van der Waals surface area contributed by atoms with E-state index >= 15 is 0 Å². The van der Waals surface area contributed by atoms with Crippen LogP contribution in [0.15, 0.2) is 0 Å². The van der Waals surface area contributed by atoms with Crippen molar-refractivity contribution in [1.29, 1.82) is 0 Å². The van der Waals surface area contributed by atoms with Gasteiger partial charge in [0.15, 0.2) is 0 Å². The molecule has 1 saturated carbocycles. The molecule has 0 aliphatic heterocycles. The highest BCUT2D eigenvalue weighted by Gasteiger charge is 2.27. The Kier molecular flexibility index (Phi) is 1.52. The van der Waals surface area contributed by atoms with Crippen LogP contribution in [0.3, 0.4) is 0 Å². The van der Waals surface area contributed by atoms with E-state index in [-0.39, 0.29) is 6.42 Å². The molecule has 1 fully saturated rings. The van der Waals surface area contributed by atoms with E-state index in [0.717, 1.165) is 12.8 Å². The number of rotatable bonds is 0. The Morgan fingerprint density at radius 2 is 2.38 bits per heavy atom. The molecule has 1 unspecified atom stereocenters. The lowest BCUT2D eigenvalue weighted by molar-refractivity contribution is -0.103. The third-order valence-corrected chi connectivity index (χ3v) is 1.43. The SMILES string of the molecule is OC1(F)C[CH]CCC1. The molecule has 0 heterocycles. The number of hydrogen-bond donors (Lipinski definition) is 1. The first-order valence-electron chi connectivity index (χ1n) is 2.94. The molecule has 8 heavy (non-hydrogen) atoms. The molecular weight excluding hydrogens is 107 g/mol. The maximum absolute atomic E-state index is 12.4. The minimum atomic E-state index is -1.88. The highest BCUT2D eigenvalue weighted by Crippen LogP contribution is 2.27. The van der Waals surface area contributed by atoms with Crippen molar-refractivity contribution >= 4 is 0 Å². The summed E-state index contributed by atoms with van der Waals surface area (Å²) in [5.41, 5.74) is 0. The Bertz CT molecular complexity index is 72.6. The van der Waals surface area contributed by atoms with E-state index in [2.05, 4.69) is 0 Å². The maximum atomic E-state index is 12.4. The summed E-state index contributed by atoms with van der Waals surface area (Å²) in [7, 11) is 0. The lowest BCUT2D eigenvalue weighted by atomic mass is 9.96. The van der Waals surface area contributed by atoms with Crippen LogP contribution in [0.25, 0.3) is 0 Å². The predicted molar refractivity (Wildman–Crippen MR) is 28.8 cm³/mol. The molecular formula is C6H10FO. The van der Waals surface area contributed by atoms with Gasteiger partial charge in [0.05, 0.1) is 0 Å². The molecule has 1 N–H and O–H groups in total. The van der Waals surface area contributed by atoms with Crippen LogP contribution in [0.1, 0.15) is 25.7 Å². The van der Waals surface area contributed by atoms with Gasteiger partial charge in [0.25, 0.3) is 0 Å². The summed E-state index contributed by atoms with van der Waals surface area (Å²) < 4.78 is 12.4. The number of aliphatic hydroxyl groups is 1. The average molecular weight is 117 g/mol. The highest BCUT2D eigenvalue weighted by atomic mass is 19.2. The molecule has 1 nitrogen and oxygen atoms in total. The molecule has 0 spiro atoms. The number of halogens is 1. The average Bonchev–Trinajstić information content (AvgIpc) is 1.65. The van der Waals surface area contributed by atoms with Gasteiger partial charge in [-0.15, -0.1) is 0 Å². The first kappa shape index (κ1) is 6.02.